The van der Waals surface area contributed by atoms with Gasteiger partial charge in [-0.05, 0) is 63.3 Å². The molecule has 2 aromatic heterocycles. The zero-order valence-corrected chi connectivity index (χ0v) is 13.6. The zero-order valence-electron chi connectivity index (χ0n) is 13.6. The molecule has 5 heteroatoms. The maximum absolute atomic E-state index is 4.50. The highest BCUT2D eigenvalue weighted by atomic mass is 15.3. The Morgan fingerprint density at radius 3 is 2.77 bits per heavy atom. The van der Waals surface area contributed by atoms with E-state index in [1.165, 1.54) is 31.5 Å². The Balaban J connectivity index is 1.52. The summed E-state index contributed by atoms with van der Waals surface area (Å²) in [4.78, 5) is 11.1. The van der Waals surface area contributed by atoms with Crippen LogP contribution in [0.1, 0.15) is 30.1 Å². The number of likely N-dealkylation sites (tertiary alicyclic amines) is 1. The summed E-state index contributed by atoms with van der Waals surface area (Å²) in [5.74, 6) is 2.60. The van der Waals surface area contributed by atoms with Crippen molar-refractivity contribution < 1.29 is 0 Å². The first kappa shape index (κ1) is 15.2. The molecule has 118 valence electrons. The first-order chi connectivity index (χ1) is 10.7. The van der Waals surface area contributed by atoms with E-state index in [2.05, 4.69) is 36.8 Å². The van der Waals surface area contributed by atoms with Gasteiger partial charge in [0.15, 0.2) is 0 Å². The molecular formula is C17H25N5. The van der Waals surface area contributed by atoms with Gasteiger partial charge in [0.05, 0.1) is 0 Å². The maximum atomic E-state index is 4.50. The van der Waals surface area contributed by atoms with Crippen LogP contribution in [0.25, 0.3) is 0 Å². The van der Waals surface area contributed by atoms with Crippen molar-refractivity contribution >= 4 is 0 Å². The van der Waals surface area contributed by atoms with Gasteiger partial charge in [-0.25, -0.2) is 9.67 Å². The lowest BCUT2D eigenvalue weighted by Gasteiger charge is -2.32. The second kappa shape index (κ2) is 7.01. The zero-order chi connectivity index (χ0) is 15.4. The van der Waals surface area contributed by atoms with Crippen LogP contribution in [0.4, 0.5) is 0 Å². The number of aromatic nitrogens is 4. The summed E-state index contributed by atoms with van der Waals surface area (Å²) in [5, 5.41) is 4.50. The van der Waals surface area contributed by atoms with Crippen LogP contribution >= 0.6 is 0 Å². The SMILES string of the molecule is Cc1nc(C)n(CC2CCCN(CCc3ccncc3)C2)n1. The lowest BCUT2D eigenvalue weighted by molar-refractivity contribution is 0.161. The minimum absolute atomic E-state index is 0.686. The Morgan fingerprint density at radius 1 is 1.23 bits per heavy atom. The molecule has 0 bridgehead atoms. The molecule has 1 unspecified atom stereocenters. The Morgan fingerprint density at radius 2 is 2.05 bits per heavy atom. The van der Waals surface area contributed by atoms with Gasteiger partial charge in [-0.1, -0.05) is 0 Å². The number of aryl methyl sites for hydroxylation is 2. The molecule has 0 amide bonds. The molecule has 1 fully saturated rings. The van der Waals surface area contributed by atoms with Crippen LogP contribution in [-0.2, 0) is 13.0 Å². The molecule has 0 radical (unpaired) electrons. The number of rotatable bonds is 5. The Bertz CT molecular complexity index is 592. The number of nitrogens with zero attached hydrogens (tertiary/aromatic N) is 5. The maximum Gasteiger partial charge on any atom is 0.147 e. The summed E-state index contributed by atoms with van der Waals surface area (Å²) in [5.41, 5.74) is 1.37. The van der Waals surface area contributed by atoms with Crippen molar-refractivity contribution in [2.75, 3.05) is 19.6 Å². The molecular weight excluding hydrogens is 274 g/mol. The monoisotopic (exact) mass is 299 g/mol. The summed E-state index contributed by atoms with van der Waals surface area (Å²) in [6.45, 7) is 8.53. The fourth-order valence-corrected chi connectivity index (χ4v) is 3.32. The van der Waals surface area contributed by atoms with E-state index >= 15 is 0 Å². The third-order valence-corrected chi connectivity index (χ3v) is 4.46. The Hall–Kier alpha value is -1.75. The molecule has 0 saturated carbocycles. The van der Waals surface area contributed by atoms with Crippen LogP contribution in [-0.4, -0.2) is 44.3 Å². The predicted molar refractivity (Wildman–Crippen MR) is 86.6 cm³/mol. The molecule has 0 spiro atoms. The lowest BCUT2D eigenvalue weighted by Crippen LogP contribution is -2.38. The van der Waals surface area contributed by atoms with E-state index in [1.54, 1.807) is 0 Å². The molecule has 0 N–H and O–H groups in total. The van der Waals surface area contributed by atoms with E-state index < -0.39 is 0 Å². The van der Waals surface area contributed by atoms with Crippen molar-refractivity contribution in [3.63, 3.8) is 0 Å². The van der Waals surface area contributed by atoms with Crippen molar-refractivity contribution in [2.45, 2.75) is 39.7 Å². The molecule has 0 aliphatic carbocycles. The summed E-state index contributed by atoms with van der Waals surface area (Å²) in [6, 6.07) is 4.23. The van der Waals surface area contributed by atoms with E-state index in [-0.39, 0.29) is 0 Å². The molecule has 3 heterocycles. The normalized spacial score (nSPS) is 19.5. The molecule has 5 nitrogen and oxygen atoms in total. The number of pyridine rings is 1. The van der Waals surface area contributed by atoms with Crippen molar-refractivity contribution in [2.24, 2.45) is 5.92 Å². The quantitative estimate of drug-likeness (QED) is 0.849. The summed E-state index contributed by atoms with van der Waals surface area (Å²) >= 11 is 0. The average molecular weight is 299 g/mol. The van der Waals surface area contributed by atoms with Crippen LogP contribution < -0.4 is 0 Å². The third-order valence-electron chi connectivity index (χ3n) is 4.46. The van der Waals surface area contributed by atoms with Gasteiger partial charge in [0.25, 0.3) is 0 Å². The van der Waals surface area contributed by atoms with Gasteiger partial charge in [0.1, 0.15) is 11.6 Å². The van der Waals surface area contributed by atoms with Gasteiger partial charge in [0.2, 0.25) is 0 Å². The topological polar surface area (TPSA) is 46.8 Å². The lowest BCUT2D eigenvalue weighted by atomic mass is 9.97. The van der Waals surface area contributed by atoms with Gasteiger partial charge in [-0.15, -0.1) is 0 Å². The molecule has 1 aliphatic heterocycles. The van der Waals surface area contributed by atoms with Gasteiger partial charge in [-0.3, -0.25) is 4.98 Å². The molecule has 1 atom stereocenters. The summed E-state index contributed by atoms with van der Waals surface area (Å²) in [7, 11) is 0. The van der Waals surface area contributed by atoms with E-state index in [9.17, 15) is 0 Å². The van der Waals surface area contributed by atoms with E-state index in [0.29, 0.717) is 5.92 Å². The van der Waals surface area contributed by atoms with Crippen LogP contribution in [0.15, 0.2) is 24.5 Å². The van der Waals surface area contributed by atoms with Crippen LogP contribution in [0.3, 0.4) is 0 Å². The minimum Gasteiger partial charge on any atom is -0.303 e. The van der Waals surface area contributed by atoms with Gasteiger partial charge < -0.3 is 4.90 Å². The van der Waals surface area contributed by atoms with Crippen molar-refractivity contribution in [1.29, 1.82) is 0 Å². The first-order valence-corrected chi connectivity index (χ1v) is 8.20. The molecule has 0 aromatic carbocycles. The van der Waals surface area contributed by atoms with Crippen LogP contribution in [0.2, 0.25) is 0 Å². The first-order valence-electron chi connectivity index (χ1n) is 8.20. The van der Waals surface area contributed by atoms with Crippen molar-refractivity contribution in [3.8, 4) is 0 Å². The summed E-state index contributed by atoms with van der Waals surface area (Å²) in [6.07, 6.45) is 7.45. The molecule has 22 heavy (non-hydrogen) atoms. The fraction of sp³-hybridized carbons (Fsp3) is 0.588. The Labute approximate surface area is 132 Å². The van der Waals surface area contributed by atoms with E-state index in [1.807, 2.05) is 26.2 Å². The van der Waals surface area contributed by atoms with Crippen molar-refractivity contribution in [3.05, 3.63) is 41.7 Å². The van der Waals surface area contributed by atoms with Crippen LogP contribution in [0.5, 0.6) is 0 Å². The summed E-state index contributed by atoms with van der Waals surface area (Å²) < 4.78 is 2.08. The second-order valence-electron chi connectivity index (χ2n) is 6.30. The fourth-order valence-electron chi connectivity index (χ4n) is 3.32. The highest BCUT2D eigenvalue weighted by molar-refractivity contribution is 5.09. The smallest absolute Gasteiger partial charge is 0.147 e. The second-order valence-corrected chi connectivity index (χ2v) is 6.30. The highest BCUT2D eigenvalue weighted by Gasteiger charge is 2.21. The average Bonchev–Trinajstić information content (AvgIpc) is 2.84. The number of hydrogen-bond acceptors (Lipinski definition) is 4. The van der Waals surface area contributed by atoms with Gasteiger partial charge in [0, 0.05) is 32.0 Å². The van der Waals surface area contributed by atoms with Crippen LogP contribution in [0, 0.1) is 19.8 Å². The number of hydrogen-bond donors (Lipinski definition) is 0. The van der Waals surface area contributed by atoms with Gasteiger partial charge >= 0.3 is 0 Å². The largest absolute Gasteiger partial charge is 0.303 e. The predicted octanol–water partition coefficient (Wildman–Crippen LogP) is 2.24. The molecule has 2 aromatic rings. The van der Waals surface area contributed by atoms with E-state index in [0.717, 1.165) is 31.2 Å². The van der Waals surface area contributed by atoms with Crippen molar-refractivity contribution in [1.82, 2.24) is 24.6 Å². The molecule has 1 aliphatic rings. The standard InChI is InChI=1S/C17H25N5/c1-14-19-15(2)22(20-14)13-17-4-3-10-21(12-17)11-7-16-5-8-18-9-6-16/h5-6,8-9,17H,3-4,7,10-13H2,1-2H3. The molecule has 3 rings (SSSR count). The van der Waals surface area contributed by atoms with Gasteiger partial charge in [-0.2, -0.15) is 5.10 Å². The van der Waals surface area contributed by atoms with E-state index in [4.69, 9.17) is 0 Å². The number of piperidine rings is 1. The highest BCUT2D eigenvalue weighted by Crippen LogP contribution is 2.19. The Kier molecular flexibility index (Phi) is 4.83. The third kappa shape index (κ3) is 3.91. The minimum atomic E-state index is 0.686. The molecule has 1 saturated heterocycles.